The highest BCUT2D eigenvalue weighted by Crippen LogP contribution is 2.29. The van der Waals surface area contributed by atoms with Crippen molar-refractivity contribution in [1.29, 1.82) is 5.26 Å². The first kappa shape index (κ1) is 17.9. The molecule has 1 fully saturated rings. The number of esters is 1. The Bertz CT molecular complexity index is 734. The van der Waals surface area contributed by atoms with Gasteiger partial charge in [0.05, 0.1) is 10.5 Å². The molecule has 0 atom stereocenters. The summed E-state index contributed by atoms with van der Waals surface area (Å²) in [5, 5.41) is 8.44. The molecule has 1 saturated heterocycles. The zero-order chi connectivity index (χ0) is 17.0. The van der Waals surface area contributed by atoms with E-state index in [0.717, 1.165) is 12.8 Å². The average molecular weight is 401 g/mol. The van der Waals surface area contributed by atoms with Crippen LogP contribution in [0.4, 0.5) is 0 Å². The monoisotopic (exact) mass is 400 g/mol. The molecule has 0 saturated carbocycles. The molecule has 0 aliphatic carbocycles. The SMILES string of the molecule is CC1CCN(S(=O)(=O)c2cc(C(=O)OCC#N)ccc2Br)CC1. The van der Waals surface area contributed by atoms with Crippen LogP contribution in [0.15, 0.2) is 27.6 Å². The smallest absolute Gasteiger partial charge is 0.339 e. The van der Waals surface area contributed by atoms with E-state index in [1.54, 1.807) is 6.07 Å². The van der Waals surface area contributed by atoms with Crippen LogP contribution in [0.25, 0.3) is 0 Å². The van der Waals surface area contributed by atoms with E-state index in [4.69, 9.17) is 10.00 Å². The van der Waals surface area contributed by atoms with Gasteiger partial charge in [0.2, 0.25) is 10.0 Å². The molecule has 0 bridgehead atoms. The van der Waals surface area contributed by atoms with E-state index in [1.807, 2.05) is 0 Å². The number of rotatable bonds is 4. The third-order valence-electron chi connectivity index (χ3n) is 3.80. The predicted octanol–water partition coefficient (Wildman–Crippen LogP) is 2.55. The second kappa shape index (κ2) is 7.43. The van der Waals surface area contributed by atoms with E-state index >= 15 is 0 Å². The van der Waals surface area contributed by atoms with Crippen LogP contribution < -0.4 is 0 Å². The molecule has 6 nitrogen and oxygen atoms in total. The number of benzene rings is 1. The van der Waals surface area contributed by atoms with Gasteiger partial charge in [0.25, 0.3) is 0 Å². The lowest BCUT2D eigenvalue weighted by Crippen LogP contribution is -2.38. The number of hydrogen-bond donors (Lipinski definition) is 0. The van der Waals surface area contributed by atoms with Gasteiger partial charge in [-0.3, -0.25) is 0 Å². The van der Waals surface area contributed by atoms with E-state index in [2.05, 4.69) is 22.9 Å². The Balaban J connectivity index is 2.31. The topological polar surface area (TPSA) is 87.5 Å². The predicted molar refractivity (Wildman–Crippen MR) is 87.2 cm³/mol. The van der Waals surface area contributed by atoms with Gasteiger partial charge in [0.1, 0.15) is 6.07 Å². The van der Waals surface area contributed by atoms with Crippen molar-refractivity contribution in [2.24, 2.45) is 5.92 Å². The quantitative estimate of drug-likeness (QED) is 0.724. The third-order valence-corrected chi connectivity index (χ3v) is 6.69. The summed E-state index contributed by atoms with van der Waals surface area (Å²) in [5.74, 6) is -0.208. The molecule has 23 heavy (non-hydrogen) atoms. The minimum absolute atomic E-state index is 0.0402. The van der Waals surface area contributed by atoms with Crippen LogP contribution in [0.5, 0.6) is 0 Å². The fourth-order valence-electron chi connectivity index (χ4n) is 2.37. The summed E-state index contributed by atoms with van der Waals surface area (Å²) in [7, 11) is -3.68. The van der Waals surface area contributed by atoms with Crippen molar-refractivity contribution < 1.29 is 17.9 Å². The summed E-state index contributed by atoms with van der Waals surface area (Å²) >= 11 is 3.24. The van der Waals surface area contributed by atoms with Crippen molar-refractivity contribution in [3.63, 3.8) is 0 Å². The zero-order valence-electron chi connectivity index (χ0n) is 12.7. The van der Waals surface area contributed by atoms with Crippen molar-refractivity contribution in [1.82, 2.24) is 4.31 Å². The lowest BCUT2D eigenvalue weighted by molar-refractivity contribution is 0.0554. The number of carbonyl (C=O) groups is 1. The second-order valence-electron chi connectivity index (χ2n) is 5.47. The van der Waals surface area contributed by atoms with Crippen LogP contribution in [0.3, 0.4) is 0 Å². The summed E-state index contributed by atoms with van der Waals surface area (Å²) < 4.78 is 32.1. The number of nitriles is 1. The Morgan fingerprint density at radius 2 is 2.09 bits per heavy atom. The lowest BCUT2D eigenvalue weighted by atomic mass is 10.0. The average Bonchev–Trinajstić information content (AvgIpc) is 2.53. The highest BCUT2D eigenvalue weighted by molar-refractivity contribution is 9.10. The molecule has 1 aromatic carbocycles. The van der Waals surface area contributed by atoms with E-state index in [9.17, 15) is 13.2 Å². The largest absolute Gasteiger partial charge is 0.447 e. The maximum atomic E-state index is 12.8. The molecular weight excluding hydrogens is 384 g/mol. The number of nitrogens with zero attached hydrogens (tertiary/aromatic N) is 2. The number of sulfonamides is 1. The van der Waals surface area contributed by atoms with Gasteiger partial charge in [-0.05, 0) is 52.9 Å². The number of hydrogen-bond acceptors (Lipinski definition) is 5. The van der Waals surface area contributed by atoms with Crippen LogP contribution in [0.1, 0.15) is 30.1 Å². The molecule has 1 aliphatic heterocycles. The van der Waals surface area contributed by atoms with Gasteiger partial charge in [0.15, 0.2) is 6.61 Å². The molecular formula is C15H17BrN2O4S. The summed E-state index contributed by atoms with van der Waals surface area (Å²) in [6, 6.07) is 5.95. The summed E-state index contributed by atoms with van der Waals surface area (Å²) in [5.41, 5.74) is 0.104. The van der Waals surface area contributed by atoms with E-state index in [1.165, 1.54) is 22.5 Å². The van der Waals surface area contributed by atoms with Crippen molar-refractivity contribution in [3.8, 4) is 6.07 Å². The van der Waals surface area contributed by atoms with Crippen LogP contribution in [-0.2, 0) is 14.8 Å². The minimum atomic E-state index is -3.68. The molecule has 0 amide bonds. The standard InChI is InChI=1S/C15H17BrN2O4S/c1-11-4-7-18(8-5-11)23(20,21)14-10-12(2-3-13(14)16)15(19)22-9-6-17/h2-3,10-11H,4-5,7-9H2,1H3. The normalized spacial score (nSPS) is 16.7. The molecule has 0 aromatic heterocycles. The first-order valence-corrected chi connectivity index (χ1v) is 9.43. The molecule has 1 aliphatic rings. The summed E-state index contributed by atoms with van der Waals surface area (Å²) in [4.78, 5) is 11.9. The highest BCUT2D eigenvalue weighted by Gasteiger charge is 2.30. The van der Waals surface area contributed by atoms with Crippen LogP contribution in [0.2, 0.25) is 0 Å². The fourth-order valence-corrected chi connectivity index (χ4v) is 4.79. The van der Waals surface area contributed by atoms with Crippen LogP contribution >= 0.6 is 15.9 Å². The molecule has 0 spiro atoms. The molecule has 0 radical (unpaired) electrons. The summed E-state index contributed by atoms with van der Waals surface area (Å²) in [6.07, 6.45) is 1.64. The minimum Gasteiger partial charge on any atom is -0.447 e. The third kappa shape index (κ3) is 4.10. The zero-order valence-corrected chi connectivity index (χ0v) is 15.1. The number of piperidine rings is 1. The first-order chi connectivity index (χ1) is 10.9. The molecule has 0 unspecified atom stereocenters. The molecule has 124 valence electrons. The van der Waals surface area contributed by atoms with Crippen LogP contribution in [-0.4, -0.2) is 38.4 Å². The van der Waals surface area contributed by atoms with Gasteiger partial charge in [0, 0.05) is 17.6 Å². The number of carbonyl (C=O) groups excluding carboxylic acids is 1. The van der Waals surface area contributed by atoms with Gasteiger partial charge < -0.3 is 4.74 Å². The van der Waals surface area contributed by atoms with Crippen molar-refractivity contribution >= 4 is 31.9 Å². The van der Waals surface area contributed by atoms with E-state index < -0.39 is 16.0 Å². The van der Waals surface area contributed by atoms with Crippen molar-refractivity contribution in [2.45, 2.75) is 24.7 Å². The summed E-state index contributed by atoms with van der Waals surface area (Å²) in [6.45, 7) is 2.67. The maximum absolute atomic E-state index is 12.8. The van der Waals surface area contributed by atoms with Crippen molar-refractivity contribution in [3.05, 3.63) is 28.2 Å². The van der Waals surface area contributed by atoms with Gasteiger partial charge in [-0.25, -0.2) is 13.2 Å². The first-order valence-electron chi connectivity index (χ1n) is 7.20. The Morgan fingerprint density at radius 3 is 2.70 bits per heavy atom. The lowest BCUT2D eigenvalue weighted by Gasteiger charge is -2.29. The Morgan fingerprint density at radius 1 is 1.43 bits per heavy atom. The second-order valence-corrected chi connectivity index (χ2v) is 8.23. The molecule has 2 rings (SSSR count). The van der Waals surface area contributed by atoms with Gasteiger partial charge in [-0.15, -0.1) is 0 Å². The van der Waals surface area contributed by atoms with E-state index in [-0.39, 0.29) is 17.1 Å². The Labute approximate surface area is 144 Å². The Kier molecular flexibility index (Phi) is 5.79. The molecule has 8 heteroatoms. The maximum Gasteiger partial charge on any atom is 0.339 e. The van der Waals surface area contributed by atoms with Crippen molar-refractivity contribution in [2.75, 3.05) is 19.7 Å². The van der Waals surface area contributed by atoms with E-state index in [0.29, 0.717) is 23.5 Å². The molecule has 1 aromatic rings. The molecule has 0 N–H and O–H groups in total. The van der Waals surface area contributed by atoms with Crippen LogP contribution in [0, 0.1) is 17.2 Å². The highest BCUT2D eigenvalue weighted by atomic mass is 79.9. The number of ether oxygens (including phenoxy) is 1. The Hall–Kier alpha value is -1.43. The van der Waals surface area contributed by atoms with Gasteiger partial charge in [-0.1, -0.05) is 6.92 Å². The van der Waals surface area contributed by atoms with Gasteiger partial charge >= 0.3 is 5.97 Å². The fraction of sp³-hybridized carbons (Fsp3) is 0.467. The molecule has 1 heterocycles. The number of halogens is 1. The van der Waals surface area contributed by atoms with Gasteiger partial charge in [-0.2, -0.15) is 9.57 Å².